The number of hydrogen-bond donors (Lipinski definition) is 0. The Labute approximate surface area is 152 Å². The van der Waals surface area contributed by atoms with E-state index in [1.54, 1.807) is 11.9 Å². The maximum atomic E-state index is 13.3. The summed E-state index contributed by atoms with van der Waals surface area (Å²) >= 11 is 0. The summed E-state index contributed by atoms with van der Waals surface area (Å²) in [5, 5.41) is 3.79. The van der Waals surface area contributed by atoms with Gasteiger partial charge in [0, 0.05) is 25.8 Å². The first kappa shape index (κ1) is 18.5. The van der Waals surface area contributed by atoms with E-state index in [0.717, 1.165) is 31.2 Å². The molecule has 1 aliphatic rings. The van der Waals surface area contributed by atoms with Crippen molar-refractivity contribution in [2.75, 3.05) is 0 Å². The molecule has 0 unspecified atom stereocenters. The fourth-order valence-corrected chi connectivity index (χ4v) is 3.46. The third-order valence-electron chi connectivity index (χ3n) is 5.00. The summed E-state index contributed by atoms with van der Waals surface area (Å²) in [7, 11) is 1.56. The molecule has 26 heavy (non-hydrogen) atoms. The minimum absolute atomic E-state index is 0.0152. The largest absolute Gasteiger partial charge is 0.331 e. The number of alkyl halides is 2. The highest BCUT2D eigenvalue weighted by Gasteiger charge is 2.36. The molecule has 0 aliphatic heterocycles. The number of halogens is 2. The van der Waals surface area contributed by atoms with Crippen LogP contribution in [0.3, 0.4) is 0 Å². The lowest BCUT2D eigenvalue weighted by Crippen LogP contribution is -2.33. The van der Waals surface area contributed by atoms with E-state index in [4.69, 9.17) is 0 Å². The van der Waals surface area contributed by atoms with Gasteiger partial charge in [-0.05, 0) is 42.4 Å². The van der Waals surface area contributed by atoms with E-state index in [1.807, 2.05) is 6.07 Å². The van der Waals surface area contributed by atoms with Crippen molar-refractivity contribution >= 4 is 5.91 Å². The molecule has 0 radical (unpaired) electrons. The third-order valence-corrected chi connectivity index (χ3v) is 5.00. The van der Waals surface area contributed by atoms with Gasteiger partial charge in [-0.2, -0.15) is 5.10 Å². The first-order valence-electron chi connectivity index (χ1n) is 9.18. The lowest BCUT2D eigenvalue weighted by atomic mass is 9.97. The van der Waals surface area contributed by atoms with Crippen molar-refractivity contribution in [3.8, 4) is 0 Å². The van der Waals surface area contributed by atoms with Gasteiger partial charge in [-0.25, -0.2) is 8.78 Å². The van der Waals surface area contributed by atoms with Crippen LogP contribution in [0.2, 0.25) is 0 Å². The number of carbonyl (C=O) groups excluding carboxylic acids is 1. The molecule has 1 heterocycles. The molecule has 0 atom stereocenters. The number of nitrogens with zero attached hydrogens (tertiary/aromatic N) is 3. The second kappa shape index (κ2) is 7.56. The van der Waals surface area contributed by atoms with Crippen LogP contribution in [0.4, 0.5) is 8.78 Å². The first-order chi connectivity index (χ1) is 12.5. The highest BCUT2D eigenvalue weighted by molar-refractivity contribution is 5.95. The van der Waals surface area contributed by atoms with Crippen molar-refractivity contribution < 1.29 is 13.6 Å². The molecule has 2 aromatic rings. The van der Waals surface area contributed by atoms with E-state index in [9.17, 15) is 13.6 Å². The fraction of sp³-hybridized carbons (Fsp3) is 0.500. The van der Waals surface area contributed by atoms with Crippen molar-refractivity contribution in [2.45, 2.75) is 58.5 Å². The van der Waals surface area contributed by atoms with E-state index >= 15 is 0 Å². The molecule has 0 bridgehead atoms. The summed E-state index contributed by atoms with van der Waals surface area (Å²) in [6.45, 7) is 4.66. The minimum atomic E-state index is -2.76. The number of aromatic nitrogens is 2. The van der Waals surface area contributed by atoms with Crippen LogP contribution in [-0.4, -0.2) is 26.6 Å². The summed E-state index contributed by atoms with van der Waals surface area (Å²) in [4.78, 5) is 14.9. The van der Waals surface area contributed by atoms with Gasteiger partial charge in [-0.3, -0.25) is 9.48 Å². The van der Waals surface area contributed by atoms with Crippen LogP contribution in [0.15, 0.2) is 24.4 Å². The van der Waals surface area contributed by atoms with E-state index in [2.05, 4.69) is 31.1 Å². The van der Waals surface area contributed by atoms with Gasteiger partial charge in [0.05, 0.1) is 5.56 Å². The van der Waals surface area contributed by atoms with Gasteiger partial charge in [0.1, 0.15) is 5.69 Å². The standard InChI is InChI=1S/C20H25F2N3O/c1-4-13-7-6-8-14(5-2)16(13)12-25(15-9-10-15)20(26)17-11-24(3)23-18(17)19(21)22/h6-8,11,15,19H,4-5,9-10,12H2,1-3H3. The summed E-state index contributed by atoms with van der Waals surface area (Å²) in [6.07, 6.45) is 2.25. The molecule has 1 aromatic heterocycles. The van der Waals surface area contributed by atoms with Crippen molar-refractivity contribution in [3.63, 3.8) is 0 Å². The Morgan fingerprint density at radius 2 is 1.88 bits per heavy atom. The molecule has 1 aromatic carbocycles. The predicted molar refractivity (Wildman–Crippen MR) is 96.3 cm³/mol. The monoisotopic (exact) mass is 361 g/mol. The van der Waals surface area contributed by atoms with Crippen molar-refractivity contribution in [2.24, 2.45) is 7.05 Å². The topological polar surface area (TPSA) is 38.1 Å². The van der Waals surface area contributed by atoms with Gasteiger partial charge in [-0.1, -0.05) is 32.0 Å². The molecule has 4 nitrogen and oxygen atoms in total. The SMILES string of the molecule is CCc1cccc(CC)c1CN(C(=O)c1cn(C)nc1C(F)F)C1CC1. The number of rotatable bonds is 7. The lowest BCUT2D eigenvalue weighted by molar-refractivity contribution is 0.0717. The number of benzene rings is 1. The van der Waals surface area contributed by atoms with Crippen LogP contribution in [0.5, 0.6) is 0 Å². The van der Waals surface area contributed by atoms with Gasteiger partial charge in [-0.15, -0.1) is 0 Å². The Kier molecular flexibility index (Phi) is 5.39. The summed E-state index contributed by atoms with van der Waals surface area (Å²) in [6, 6.07) is 6.33. The third kappa shape index (κ3) is 3.64. The molecule has 1 amide bonds. The van der Waals surface area contributed by atoms with E-state index in [0.29, 0.717) is 6.54 Å². The average molecular weight is 361 g/mol. The molecule has 3 rings (SSSR count). The van der Waals surface area contributed by atoms with Crippen LogP contribution in [-0.2, 0) is 26.4 Å². The van der Waals surface area contributed by atoms with Gasteiger partial charge in [0.15, 0.2) is 0 Å². The van der Waals surface area contributed by atoms with Gasteiger partial charge in [0.2, 0.25) is 0 Å². The fourth-order valence-electron chi connectivity index (χ4n) is 3.46. The van der Waals surface area contributed by atoms with Crippen LogP contribution in [0, 0.1) is 0 Å². The highest BCUT2D eigenvalue weighted by atomic mass is 19.3. The summed E-state index contributed by atoms with van der Waals surface area (Å²) < 4.78 is 27.9. The first-order valence-corrected chi connectivity index (χ1v) is 9.18. The van der Waals surface area contributed by atoms with Crippen molar-refractivity contribution in [3.05, 3.63) is 52.3 Å². The lowest BCUT2D eigenvalue weighted by Gasteiger charge is -2.25. The van der Waals surface area contributed by atoms with E-state index < -0.39 is 12.1 Å². The quantitative estimate of drug-likeness (QED) is 0.738. The van der Waals surface area contributed by atoms with Gasteiger partial charge in [0.25, 0.3) is 12.3 Å². The number of amides is 1. The summed E-state index contributed by atoms with van der Waals surface area (Å²) in [5.41, 5.74) is 3.16. The maximum absolute atomic E-state index is 13.3. The molecule has 6 heteroatoms. The highest BCUT2D eigenvalue weighted by Crippen LogP contribution is 2.33. The van der Waals surface area contributed by atoms with E-state index in [1.165, 1.54) is 22.0 Å². The average Bonchev–Trinajstić information content (AvgIpc) is 3.39. The van der Waals surface area contributed by atoms with Crippen LogP contribution < -0.4 is 0 Å². The van der Waals surface area contributed by atoms with E-state index in [-0.39, 0.29) is 17.5 Å². The Morgan fingerprint density at radius 1 is 1.27 bits per heavy atom. The molecule has 0 N–H and O–H groups in total. The smallest absolute Gasteiger partial charge is 0.282 e. The number of hydrogen-bond acceptors (Lipinski definition) is 2. The normalized spacial score (nSPS) is 14.1. The molecule has 1 aliphatic carbocycles. The Morgan fingerprint density at radius 3 is 2.38 bits per heavy atom. The zero-order valence-electron chi connectivity index (χ0n) is 15.5. The Hall–Kier alpha value is -2.24. The Bertz CT molecular complexity index is 774. The number of carbonyl (C=O) groups is 1. The molecular weight excluding hydrogens is 336 g/mol. The van der Waals surface area contributed by atoms with Crippen LogP contribution >= 0.6 is 0 Å². The molecule has 0 saturated heterocycles. The second-order valence-corrected chi connectivity index (χ2v) is 6.83. The zero-order chi connectivity index (χ0) is 18.8. The molecule has 1 saturated carbocycles. The number of aryl methyl sites for hydroxylation is 3. The van der Waals surface area contributed by atoms with Crippen molar-refractivity contribution in [1.29, 1.82) is 0 Å². The molecule has 1 fully saturated rings. The van der Waals surface area contributed by atoms with Crippen LogP contribution in [0.1, 0.15) is 65.9 Å². The van der Waals surface area contributed by atoms with Crippen molar-refractivity contribution in [1.82, 2.24) is 14.7 Å². The van der Waals surface area contributed by atoms with Gasteiger partial charge < -0.3 is 4.90 Å². The molecule has 0 spiro atoms. The van der Waals surface area contributed by atoms with Crippen LogP contribution in [0.25, 0.3) is 0 Å². The second-order valence-electron chi connectivity index (χ2n) is 6.83. The Balaban J connectivity index is 1.96. The minimum Gasteiger partial charge on any atom is -0.331 e. The predicted octanol–water partition coefficient (Wildman–Crippen LogP) is 4.29. The molecular formula is C20H25F2N3O. The van der Waals surface area contributed by atoms with Gasteiger partial charge >= 0.3 is 0 Å². The summed E-state index contributed by atoms with van der Waals surface area (Å²) in [5.74, 6) is -0.344. The zero-order valence-corrected chi connectivity index (χ0v) is 15.5. The molecule has 140 valence electrons. The maximum Gasteiger partial charge on any atom is 0.282 e.